The van der Waals surface area contributed by atoms with Crippen molar-refractivity contribution in [1.29, 1.82) is 0 Å². The van der Waals surface area contributed by atoms with Crippen LogP contribution in [0.5, 0.6) is 0 Å². The van der Waals surface area contributed by atoms with Gasteiger partial charge in [-0.3, -0.25) is 4.79 Å². The topological polar surface area (TPSA) is 54.6 Å². The molecule has 0 saturated carbocycles. The van der Waals surface area contributed by atoms with E-state index in [9.17, 15) is 4.79 Å². The third-order valence-electron chi connectivity index (χ3n) is 2.87. The van der Waals surface area contributed by atoms with Crippen LogP contribution in [0.2, 0.25) is 0 Å². The van der Waals surface area contributed by atoms with Gasteiger partial charge in [-0.25, -0.2) is 5.43 Å². The number of furan rings is 1. The molecule has 1 N–H and O–H groups in total. The van der Waals surface area contributed by atoms with Crippen LogP contribution >= 0.6 is 15.9 Å². The van der Waals surface area contributed by atoms with E-state index in [1.807, 2.05) is 31.2 Å². The lowest BCUT2D eigenvalue weighted by Gasteiger charge is -2.04. The molecule has 0 aliphatic heterocycles. The van der Waals surface area contributed by atoms with E-state index in [0.717, 1.165) is 15.7 Å². The van der Waals surface area contributed by atoms with E-state index in [4.69, 9.17) is 4.42 Å². The van der Waals surface area contributed by atoms with Gasteiger partial charge in [0, 0.05) is 10.0 Å². The number of hydrazone groups is 1. The molecule has 0 saturated heterocycles. The molecule has 0 unspecified atom stereocenters. The number of amides is 1. The molecule has 5 heteroatoms. The van der Waals surface area contributed by atoms with Gasteiger partial charge < -0.3 is 4.42 Å². The average molecular weight is 335 g/mol. The van der Waals surface area contributed by atoms with Crippen LogP contribution in [-0.4, -0.2) is 11.6 Å². The molecule has 2 rings (SSSR count). The summed E-state index contributed by atoms with van der Waals surface area (Å²) in [6.07, 6.45) is 0. The quantitative estimate of drug-likeness (QED) is 0.685. The molecule has 4 nitrogen and oxygen atoms in total. The van der Waals surface area contributed by atoms with Crippen molar-refractivity contribution in [3.8, 4) is 0 Å². The van der Waals surface area contributed by atoms with Crippen LogP contribution in [0.1, 0.15) is 34.4 Å². The molecule has 0 aliphatic rings. The number of carbonyl (C=O) groups excluding carboxylic acids is 1. The standard InChI is InChI=1S/C15H15BrN2O2/c1-9-8-13(11(3)20-9)15(19)18-17-10(2)12-6-4-5-7-14(12)16/h4-8H,1-3H3,(H,18,19)/b17-10-. The summed E-state index contributed by atoms with van der Waals surface area (Å²) in [5.41, 5.74) is 4.72. The lowest BCUT2D eigenvalue weighted by atomic mass is 10.1. The monoisotopic (exact) mass is 334 g/mol. The maximum Gasteiger partial charge on any atom is 0.274 e. The summed E-state index contributed by atoms with van der Waals surface area (Å²) in [7, 11) is 0. The van der Waals surface area contributed by atoms with Crippen molar-refractivity contribution in [2.24, 2.45) is 5.10 Å². The minimum atomic E-state index is -0.272. The zero-order valence-electron chi connectivity index (χ0n) is 11.5. The second-order valence-electron chi connectivity index (χ2n) is 4.44. The molecule has 104 valence electrons. The van der Waals surface area contributed by atoms with Crippen molar-refractivity contribution in [3.63, 3.8) is 0 Å². The molecule has 0 spiro atoms. The van der Waals surface area contributed by atoms with Crippen molar-refractivity contribution in [2.75, 3.05) is 0 Å². The highest BCUT2D eigenvalue weighted by molar-refractivity contribution is 9.10. The molecule has 0 aliphatic carbocycles. The van der Waals surface area contributed by atoms with Gasteiger partial charge in [-0.1, -0.05) is 34.1 Å². The Bertz CT molecular complexity index is 674. The molecule has 0 fully saturated rings. The second-order valence-corrected chi connectivity index (χ2v) is 5.30. The van der Waals surface area contributed by atoms with Crippen molar-refractivity contribution < 1.29 is 9.21 Å². The molecule has 20 heavy (non-hydrogen) atoms. The van der Waals surface area contributed by atoms with E-state index in [-0.39, 0.29) is 5.91 Å². The number of rotatable bonds is 3. The Morgan fingerprint density at radius 1 is 1.25 bits per heavy atom. The number of hydrogen-bond donors (Lipinski definition) is 1. The highest BCUT2D eigenvalue weighted by Gasteiger charge is 2.13. The molecule has 1 amide bonds. The summed E-state index contributed by atoms with van der Waals surface area (Å²) in [6.45, 7) is 5.40. The number of hydrogen-bond acceptors (Lipinski definition) is 3. The summed E-state index contributed by atoms with van der Waals surface area (Å²) in [6, 6.07) is 9.41. The van der Waals surface area contributed by atoms with E-state index in [1.54, 1.807) is 19.9 Å². The Morgan fingerprint density at radius 2 is 1.95 bits per heavy atom. The van der Waals surface area contributed by atoms with Crippen molar-refractivity contribution in [2.45, 2.75) is 20.8 Å². The smallest absolute Gasteiger partial charge is 0.274 e. The molecule has 1 heterocycles. The molecule has 0 bridgehead atoms. The molecule has 0 atom stereocenters. The molecular weight excluding hydrogens is 320 g/mol. The van der Waals surface area contributed by atoms with E-state index < -0.39 is 0 Å². The van der Waals surface area contributed by atoms with Gasteiger partial charge in [0.1, 0.15) is 11.5 Å². The minimum absolute atomic E-state index is 0.272. The molecule has 1 aromatic carbocycles. The van der Waals surface area contributed by atoms with Gasteiger partial charge in [0.15, 0.2) is 0 Å². The first-order valence-electron chi connectivity index (χ1n) is 6.15. The summed E-state index contributed by atoms with van der Waals surface area (Å²) in [5.74, 6) is 1.03. The summed E-state index contributed by atoms with van der Waals surface area (Å²) < 4.78 is 6.27. The fourth-order valence-electron chi connectivity index (χ4n) is 1.87. The number of aryl methyl sites for hydroxylation is 2. The maximum atomic E-state index is 12.0. The minimum Gasteiger partial charge on any atom is -0.466 e. The zero-order chi connectivity index (χ0) is 14.7. The van der Waals surface area contributed by atoms with Crippen LogP contribution in [0.3, 0.4) is 0 Å². The number of carbonyl (C=O) groups is 1. The lowest BCUT2D eigenvalue weighted by Crippen LogP contribution is -2.19. The molecule has 0 radical (unpaired) electrons. The normalized spacial score (nSPS) is 11.5. The predicted molar refractivity (Wildman–Crippen MR) is 82.0 cm³/mol. The van der Waals surface area contributed by atoms with Gasteiger partial charge in [-0.2, -0.15) is 5.10 Å². The molecular formula is C15H15BrN2O2. The fraction of sp³-hybridized carbons (Fsp3) is 0.200. The summed E-state index contributed by atoms with van der Waals surface area (Å²) >= 11 is 3.46. The van der Waals surface area contributed by atoms with Gasteiger partial charge in [-0.15, -0.1) is 0 Å². The Hall–Kier alpha value is -1.88. The summed E-state index contributed by atoms with van der Waals surface area (Å²) in [5, 5.41) is 4.13. The largest absolute Gasteiger partial charge is 0.466 e. The highest BCUT2D eigenvalue weighted by atomic mass is 79.9. The number of nitrogens with zero attached hydrogens (tertiary/aromatic N) is 1. The number of nitrogens with one attached hydrogen (secondary N) is 1. The number of benzene rings is 1. The first kappa shape index (κ1) is 14.5. The second kappa shape index (κ2) is 6.05. The maximum absolute atomic E-state index is 12.0. The lowest BCUT2D eigenvalue weighted by molar-refractivity contribution is 0.0953. The molecule has 2 aromatic rings. The van der Waals surface area contributed by atoms with E-state index in [0.29, 0.717) is 17.1 Å². The zero-order valence-corrected chi connectivity index (χ0v) is 13.1. The van der Waals surface area contributed by atoms with E-state index >= 15 is 0 Å². The van der Waals surface area contributed by atoms with Crippen molar-refractivity contribution in [1.82, 2.24) is 5.43 Å². The van der Waals surface area contributed by atoms with Crippen LogP contribution in [0.15, 0.2) is 44.3 Å². The van der Waals surface area contributed by atoms with Gasteiger partial charge in [0.25, 0.3) is 5.91 Å². The number of halogens is 1. The van der Waals surface area contributed by atoms with Crippen LogP contribution in [0.4, 0.5) is 0 Å². The Morgan fingerprint density at radius 3 is 2.55 bits per heavy atom. The van der Waals surface area contributed by atoms with E-state index in [2.05, 4.69) is 26.5 Å². The average Bonchev–Trinajstić information content (AvgIpc) is 2.75. The Kier molecular flexibility index (Phi) is 4.39. The fourth-order valence-corrected chi connectivity index (χ4v) is 2.44. The third-order valence-corrected chi connectivity index (χ3v) is 3.57. The first-order chi connectivity index (χ1) is 9.49. The van der Waals surface area contributed by atoms with Gasteiger partial charge >= 0.3 is 0 Å². The third kappa shape index (κ3) is 3.17. The SMILES string of the molecule is C/C(=N/NC(=O)c1cc(C)oc1C)c1ccccc1Br. The van der Waals surface area contributed by atoms with Crippen LogP contribution in [0.25, 0.3) is 0 Å². The van der Waals surface area contributed by atoms with E-state index in [1.165, 1.54) is 0 Å². The first-order valence-corrected chi connectivity index (χ1v) is 6.95. The van der Waals surface area contributed by atoms with Crippen LogP contribution in [-0.2, 0) is 0 Å². The van der Waals surface area contributed by atoms with Gasteiger partial charge in [0.2, 0.25) is 0 Å². The van der Waals surface area contributed by atoms with Crippen LogP contribution in [0, 0.1) is 13.8 Å². The van der Waals surface area contributed by atoms with Crippen molar-refractivity contribution >= 4 is 27.5 Å². The Labute approximate surface area is 126 Å². The van der Waals surface area contributed by atoms with Gasteiger partial charge in [0.05, 0.1) is 11.3 Å². The highest BCUT2D eigenvalue weighted by Crippen LogP contribution is 2.17. The predicted octanol–water partition coefficient (Wildman–Crippen LogP) is 3.81. The summed E-state index contributed by atoms with van der Waals surface area (Å²) in [4.78, 5) is 12.0. The van der Waals surface area contributed by atoms with Crippen LogP contribution < -0.4 is 5.43 Å². The Balaban J connectivity index is 2.15. The molecule has 1 aromatic heterocycles. The van der Waals surface area contributed by atoms with Crippen molar-refractivity contribution in [3.05, 3.63) is 57.5 Å². The van der Waals surface area contributed by atoms with Gasteiger partial charge in [-0.05, 0) is 32.9 Å².